The fourth-order valence-electron chi connectivity index (χ4n) is 3.53. The zero-order chi connectivity index (χ0) is 15.1. The maximum Gasteiger partial charge on any atom is 0.410 e. The van der Waals surface area contributed by atoms with Gasteiger partial charge in [0.05, 0.1) is 5.60 Å². The minimum atomic E-state index is -0.761. The first-order valence-electron chi connectivity index (χ1n) is 7.49. The number of carbonyl (C=O) groups is 1. The van der Waals surface area contributed by atoms with Gasteiger partial charge in [-0.25, -0.2) is 4.79 Å². The Balaban J connectivity index is 2.11. The summed E-state index contributed by atoms with van der Waals surface area (Å²) in [5.74, 6) is 0. The predicted octanol–water partition coefficient (Wildman–Crippen LogP) is 3.25. The molecule has 2 bridgehead atoms. The summed E-state index contributed by atoms with van der Waals surface area (Å²) in [5.41, 5.74) is -0.106. The lowest BCUT2D eigenvalue weighted by molar-refractivity contribution is -0.0351. The van der Waals surface area contributed by atoms with Crippen LogP contribution in [-0.2, 0) is 4.74 Å². The summed E-state index contributed by atoms with van der Waals surface area (Å²) in [6.45, 7) is 9.66. The van der Waals surface area contributed by atoms with Crippen LogP contribution in [0.4, 0.5) is 4.79 Å². The SMILES string of the molecule is CC(C)=CC1(O)CC2CCC(C1)N2C(=O)OC(C)(C)C. The maximum atomic E-state index is 12.3. The van der Waals surface area contributed by atoms with Crippen LogP contribution in [-0.4, -0.2) is 39.4 Å². The molecule has 0 saturated carbocycles. The number of piperidine rings is 1. The molecule has 2 rings (SSSR count). The lowest BCUT2D eigenvalue weighted by Gasteiger charge is -2.42. The van der Waals surface area contributed by atoms with E-state index in [9.17, 15) is 9.90 Å². The Labute approximate surface area is 121 Å². The second kappa shape index (κ2) is 5.06. The Morgan fingerprint density at radius 1 is 1.25 bits per heavy atom. The number of nitrogens with zero attached hydrogens (tertiary/aromatic N) is 1. The van der Waals surface area contributed by atoms with E-state index in [4.69, 9.17) is 4.74 Å². The maximum absolute atomic E-state index is 12.3. The summed E-state index contributed by atoms with van der Waals surface area (Å²) in [6.07, 6.45) is 4.88. The summed E-state index contributed by atoms with van der Waals surface area (Å²) in [6, 6.07) is 0.202. The molecule has 20 heavy (non-hydrogen) atoms. The minimum Gasteiger partial charge on any atom is -0.444 e. The number of fused-ring (bicyclic) bond motifs is 2. The van der Waals surface area contributed by atoms with Gasteiger partial charge in [0.2, 0.25) is 0 Å². The molecule has 0 aliphatic carbocycles. The molecule has 0 spiro atoms. The molecule has 0 aromatic carbocycles. The lowest BCUT2D eigenvalue weighted by atomic mass is 9.85. The number of rotatable bonds is 1. The Bertz CT molecular complexity index is 404. The van der Waals surface area contributed by atoms with Crippen LogP contribution < -0.4 is 0 Å². The zero-order valence-corrected chi connectivity index (χ0v) is 13.3. The Morgan fingerprint density at radius 2 is 1.75 bits per heavy atom. The molecule has 2 aliphatic heterocycles. The van der Waals surface area contributed by atoms with Gasteiger partial charge in [-0.05, 0) is 47.5 Å². The molecule has 0 aromatic heterocycles. The van der Waals surface area contributed by atoms with E-state index < -0.39 is 11.2 Å². The first-order valence-corrected chi connectivity index (χ1v) is 7.49. The third kappa shape index (κ3) is 3.35. The normalized spacial score (nSPS) is 33.0. The molecule has 1 N–H and O–H groups in total. The van der Waals surface area contributed by atoms with Crippen LogP contribution in [0, 0.1) is 0 Å². The van der Waals surface area contributed by atoms with Crippen molar-refractivity contribution in [3.8, 4) is 0 Å². The second-order valence-electron chi connectivity index (χ2n) is 7.51. The number of hydrogen-bond acceptors (Lipinski definition) is 3. The number of hydrogen-bond donors (Lipinski definition) is 1. The third-order valence-electron chi connectivity index (χ3n) is 3.96. The van der Waals surface area contributed by atoms with Gasteiger partial charge in [-0.3, -0.25) is 0 Å². The average Bonchev–Trinajstić information content (AvgIpc) is 2.48. The van der Waals surface area contributed by atoms with Gasteiger partial charge in [0, 0.05) is 24.9 Å². The summed E-state index contributed by atoms with van der Waals surface area (Å²) in [7, 11) is 0. The number of amides is 1. The molecule has 2 atom stereocenters. The molecule has 1 amide bonds. The number of allylic oxidation sites excluding steroid dienone is 1. The van der Waals surface area contributed by atoms with Crippen LogP contribution in [0.1, 0.15) is 60.3 Å². The summed E-state index contributed by atoms with van der Waals surface area (Å²) in [4.78, 5) is 14.2. The van der Waals surface area contributed by atoms with E-state index in [1.165, 1.54) is 0 Å². The van der Waals surface area contributed by atoms with E-state index >= 15 is 0 Å². The van der Waals surface area contributed by atoms with E-state index in [1.54, 1.807) is 0 Å². The highest BCUT2D eigenvalue weighted by Gasteiger charge is 2.49. The van der Waals surface area contributed by atoms with Crippen molar-refractivity contribution in [3.05, 3.63) is 11.6 Å². The molecule has 2 unspecified atom stereocenters. The first kappa shape index (κ1) is 15.4. The van der Waals surface area contributed by atoms with Crippen molar-refractivity contribution in [2.45, 2.75) is 83.6 Å². The van der Waals surface area contributed by atoms with Gasteiger partial charge in [-0.2, -0.15) is 0 Å². The van der Waals surface area contributed by atoms with Crippen LogP contribution in [0.15, 0.2) is 11.6 Å². The lowest BCUT2D eigenvalue weighted by Crippen LogP contribution is -2.53. The highest BCUT2D eigenvalue weighted by molar-refractivity contribution is 5.69. The number of carbonyl (C=O) groups excluding carboxylic acids is 1. The number of aliphatic hydroxyl groups is 1. The van der Waals surface area contributed by atoms with Crippen molar-refractivity contribution in [1.29, 1.82) is 0 Å². The average molecular weight is 281 g/mol. The van der Waals surface area contributed by atoms with E-state index in [-0.39, 0.29) is 18.2 Å². The molecule has 2 saturated heterocycles. The van der Waals surface area contributed by atoms with Crippen molar-refractivity contribution in [2.24, 2.45) is 0 Å². The molecule has 114 valence electrons. The molecular weight excluding hydrogens is 254 g/mol. The van der Waals surface area contributed by atoms with Crippen LogP contribution in [0.2, 0.25) is 0 Å². The molecular formula is C16H27NO3. The zero-order valence-electron chi connectivity index (χ0n) is 13.3. The van der Waals surface area contributed by atoms with Gasteiger partial charge >= 0.3 is 6.09 Å². The standard InChI is InChI=1S/C16H27NO3/c1-11(2)8-16(19)9-12-6-7-13(10-16)17(12)14(18)20-15(3,4)5/h8,12-13,19H,6-7,9-10H2,1-5H3. The molecule has 2 fully saturated rings. The van der Waals surface area contributed by atoms with Gasteiger partial charge in [0.1, 0.15) is 5.60 Å². The minimum absolute atomic E-state index is 0.101. The van der Waals surface area contributed by atoms with Gasteiger partial charge in [0.25, 0.3) is 0 Å². The second-order valence-corrected chi connectivity index (χ2v) is 7.51. The largest absolute Gasteiger partial charge is 0.444 e. The summed E-state index contributed by atoms with van der Waals surface area (Å²) >= 11 is 0. The van der Waals surface area contributed by atoms with Crippen LogP contribution >= 0.6 is 0 Å². The monoisotopic (exact) mass is 281 g/mol. The van der Waals surface area contributed by atoms with Crippen molar-refractivity contribution >= 4 is 6.09 Å². The summed E-state index contributed by atoms with van der Waals surface area (Å²) in [5, 5.41) is 10.7. The fourth-order valence-corrected chi connectivity index (χ4v) is 3.53. The van der Waals surface area contributed by atoms with Gasteiger partial charge in [-0.15, -0.1) is 0 Å². The topological polar surface area (TPSA) is 49.8 Å². The molecule has 2 aliphatic rings. The molecule has 0 aromatic rings. The van der Waals surface area contributed by atoms with Gasteiger partial charge < -0.3 is 14.7 Å². The number of ether oxygens (including phenoxy) is 1. The van der Waals surface area contributed by atoms with Gasteiger partial charge in [-0.1, -0.05) is 11.6 Å². The predicted molar refractivity (Wildman–Crippen MR) is 78.5 cm³/mol. The Hall–Kier alpha value is -1.03. The van der Waals surface area contributed by atoms with E-state index in [2.05, 4.69) is 0 Å². The van der Waals surface area contributed by atoms with Crippen molar-refractivity contribution in [2.75, 3.05) is 0 Å². The Kier molecular flexibility index (Phi) is 3.89. The highest BCUT2D eigenvalue weighted by Crippen LogP contribution is 2.42. The third-order valence-corrected chi connectivity index (χ3v) is 3.96. The molecule has 4 heteroatoms. The molecule has 0 radical (unpaired) electrons. The van der Waals surface area contributed by atoms with Crippen LogP contribution in [0.25, 0.3) is 0 Å². The van der Waals surface area contributed by atoms with E-state index in [1.807, 2.05) is 45.6 Å². The van der Waals surface area contributed by atoms with Crippen molar-refractivity contribution < 1.29 is 14.6 Å². The Morgan fingerprint density at radius 3 is 2.15 bits per heavy atom. The van der Waals surface area contributed by atoms with Crippen LogP contribution in [0.5, 0.6) is 0 Å². The molecule has 4 nitrogen and oxygen atoms in total. The summed E-state index contributed by atoms with van der Waals surface area (Å²) < 4.78 is 5.50. The fraction of sp³-hybridized carbons (Fsp3) is 0.812. The first-order chi connectivity index (χ1) is 9.10. The van der Waals surface area contributed by atoms with Crippen molar-refractivity contribution in [1.82, 2.24) is 4.90 Å². The quantitative estimate of drug-likeness (QED) is 0.751. The highest BCUT2D eigenvalue weighted by atomic mass is 16.6. The smallest absolute Gasteiger partial charge is 0.410 e. The molecule has 2 heterocycles. The van der Waals surface area contributed by atoms with E-state index in [0.29, 0.717) is 12.8 Å². The van der Waals surface area contributed by atoms with E-state index in [0.717, 1.165) is 18.4 Å². The van der Waals surface area contributed by atoms with Crippen molar-refractivity contribution in [3.63, 3.8) is 0 Å². The van der Waals surface area contributed by atoms with Crippen LogP contribution in [0.3, 0.4) is 0 Å². The van der Waals surface area contributed by atoms with Gasteiger partial charge in [0.15, 0.2) is 0 Å².